The van der Waals surface area contributed by atoms with Crippen LogP contribution in [0.25, 0.3) is 10.2 Å². The van der Waals surface area contributed by atoms with Crippen LogP contribution in [0.15, 0.2) is 22.7 Å². The van der Waals surface area contributed by atoms with Crippen molar-refractivity contribution in [1.29, 1.82) is 0 Å². The van der Waals surface area contributed by atoms with Crippen LogP contribution < -0.4 is 10.5 Å². The van der Waals surface area contributed by atoms with Gasteiger partial charge in [0.25, 0.3) is 0 Å². The molecule has 8 heteroatoms. The number of rotatable bonds is 2. The Bertz CT molecular complexity index is 853. The summed E-state index contributed by atoms with van der Waals surface area (Å²) in [5.41, 5.74) is 5.72. The Morgan fingerprint density at radius 3 is 2.71 bits per heavy atom. The minimum atomic E-state index is 0.152. The third-order valence-corrected chi connectivity index (χ3v) is 5.12. The Balaban J connectivity index is 2.11. The molecular formula is C13H8BrCl2N3OS. The quantitative estimate of drug-likeness (QED) is 0.577. The molecule has 0 atom stereocenters. The summed E-state index contributed by atoms with van der Waals surface area (Å²) in [5.74, 6) is 0.925. The third kappa shape index (κ3) is 2.94. The lowest BCUT2D eigenvalue weighted by atomic mass is 10.3. The van der Waals surface area contributed by atoms with Crippen LogP contribution >= 0.6 is 50.5 Å². The van der Waals surface area contributed by atoms with Crippen LogP contribution in [0, 0.1) is 6.92 Å². The van der Waals surface area contributed by atoms with E-state index in [1.165, 1.54) is 11.3 Å². The standard InChI is InChI=1S/C13H8BrCl2N3OS/c1-5-2-6-11(18-13(17)19-12(6)21-5)20-10-4-8(15)7(14)3-9(10)16/h2-4H,1H3,(H2,17,18,19). The van der Waals surface area contributed by atoms with Crippen LogP contribution in [-0.4, -0.2) is 9.97 Å². The summed E-state index contributed by atoms with van der Waals surface area (Å²) < 4.78 is 6.49. The number of aryl methyl sites for hydroxylation is 1. The minimum absolute atomic E-state index is 0.152. The zero-order chi connectivity index (χ0) is 15.1. The van der Waals surface area contributed by atoms with E-state index in [1.54, 1.807) is 12.1 Å². The lowest BCUT2D eigenvalue weighted by molar-refractivity contribution is 0.469. The van der Waals surface area contributed by atoms with E-state index in [9.17, 15) is 0 Å². The molecule has 0 radical (unpaired) electrons. The summed E-state index contributed by atoms with van der Waals surface area (Å²) in [4.78, 5) is 10.2. The van der Waals surface area contributed by atoms with Crippen molar-refractivity contribution in [3.05, 3.63) is 37.6 Å². The topological polar surface area (TPSA) is 61.0 Å². The number of nitrogens with two attached hydrogens (primary N) is 1. The van der Waals surface area contributed by atoms with Crippen LogP contribution in [0.1, 0.15) is 4.88 Å². The van der Waals surface area contributed by atoms with E-state index in [0.29, 0.717) is 26.1 Å². The number of benzene rings is 1. The van der Waals surface area contributed by atoms with Crippen LogP contribution in [0.5, 0.6) is 11.6 Å². The van der Waals surface area contributed by atoms with Crippen molar-refractivity contribution in [1.82, 2.24) is 9.97 Å². The van der Waals surface area contributed by atoms with Crippen molar-refractivity contribution in [2.75, 3.05) is 5.73 Å². The van der Waals surface area contributed by atoms with Crippen molar-refractivity contribution >= 4 is 66.6 Å². The van der Waals surface area contributed by atoms with Gasteiger partial charge in [-0.25, -0.2) is 4.98 Å². The Morgan fingerprint density at radius 1 is 1.19 bits per heavy atom. The molecule has 0 saturated heterocycles. The van der Waals surface area contributed by atoms with Gasteiger partial charge in [0.05, 0.1) is 15.4 Å². The number of hydrogen-bond donors (Lipinski definition) is 1. The first kappa shape index (κ1) is 14.8. The number of nitrogen functional groups attached to an aromatic ring is 1. The number of thiophene rings is 1. The third-order valence-electron chi connectivity index (χ3n) is 2.68. The fraction of sp³-hybridized carbons (Fsp3) is 0.0769. The lowest BCUT2D eigenvalue weighted by Gasteiger charge is -2.09. The van der Waals surface area contributed by atoms with Gasteiger partial charge in [-0.15, -0.1) is 11.3 Å². The maximum atomic E-state index is 6.16. The van der Waals surface area contributed by atoms with Gasteiger partial charge in [0.1, 0.15) is 10.6 Å². The van der Waals surface area contributed by atoms with Crippen molar-refractivity contribution in [3.63, 3.8) is 0 Å². The summed E-state index contributed by atoms with van der Waals surface area (Å²) in [5, 5.41) is 1.71. The molecule has 0 unspecified atom stereocenters. The van der Waals surface area contributed by atoms with Gasteiger partial charge in [0.15, 0.2) is 0 Å². The van der Waals surface area contributed by atoms with E-state index in [4.69, 9.17) is 33.7 Å². The minimum Gasteiger partial charge on any atom is -0.437 e. The highest BCUT2D eigenvalue weighted by Crippen LogP contribution is 2.39. The van der Waals surface area contributed by atoms with Gasteiger partial charge in [-0.05, 0) is 35.0 Å². The summed E-state index contributed by atoms with van der Waals surface area (Å²) in [7, 11) is 0. The van der Waals surface area contributed by atoms with Gasteiger partial charge in [0.2, 0.25) is 11.8 Å². The molecule has 0 saturated carbocycles. The van der Waals surface area contributed by atoms with Gasteiger partial charge in [-0.1, -0.05) is 23.2 Å². The Kier molecular flexibility index (Phi) is 3.96. The van der Waals surface area contributed by atoms with Crippen molar-refractivity contribution in [2.45, 2.75) is 6.92 Å². The normalized spacial score (nSPS) is 11.0. The lowest BCUT2D eigenvalue weighted by Crippen LogP contribution is -1.97. The second-order valence-corrected chi connectivity index (χ2v) is 7.17. The molecule has 0 spiro atoms. The van der Waals surface area contributed by atoms with E-state index in [-0.39, 0.29) is 5.95 Å². The highest BCUT2D eigenvalue weighted by atomic mass is 79.9. The molecular weight excluding hydrogens is 397 g/mol. The number of aromatic nitrogens is 2. The second-order valence-electron chi connectivity index (χ2n) is 4.26. The average Bonchev–Trinajstić information content (AvgIpc) is 2.76. The number of halogens is 3. The molecule has 0 aliphatic carbocycles. The van der Waals surface area contributed by atoms with Crippen LogP contribution in [0.2, 0.25) is 10.0 Å². The number of nitrogens with zero attached hydrogens (tertiary/aromatic N) is 2. The molecule has 21 heavy (non-hydrogen) atoms. The fourth-order valence-electron chi connectivity index (χ4n) is 1.80. The number of hydrogen-bond acceptors (Lipinski definition) is 5. The highest BCUT2D eigenvalue weighted by Gasteiger charge is 2.14. The highest BCUT2D eigenvalue weighted by molar-refractivity contribution is 9.10. The van der Waals surface area contributed by atoms with Crippen LogP contribution in [-0.2, 0) is 0 Å². The zero-order valence-electron chi connectivity index (χ0n) is 10.7. The Hall–Kier alpha value is -1.08. The maximum Gasteiger partial charge on any atom is 0.232 e. The van der Waals surface area contributed by atoms with Crippen molar-refractivity contribution < 1.29 is 4.74 Å². The molecule has 0 aliphatic heterocycles. The SMILES string of the molecule is Cc1cc2c(Oc3cc(Cl)c(Br)cc3Cl)nc(N)nc2s1. The predicted octanol–water partition coefficient (Wildman–Crippen LogP) is 5.44. The molecule has 4 nitrogen and oxygen atoms in total. The Morgan fingerprint density at radius 2 is 1.95 bits per heavy atom. The van der Waals surface area contributed by atoms with E-state index in [2.05, 4.69) is 25.9 Å². The molecule has 108 valence electrons. The monoisotopic (exact) mass is 403 g/mol. The van der Waals surface area contributed by atoms with E-state index < -0.39 is 0 Å². The molecule has 0 fully saturated rings. The van der Waals surface area contributed by atoms with Crippen LogP contribution in [0.4, 0.5) is 5.95 Å². The van der Waals surface area contributed by atoms with E-state index in [0.717, 1.165) is 15.1 Å². The fourth-order valence-corrected chi connectivity index (χ4v) is 3.50. The second kappa shape index (κ2) is 5.61. The number of ether oxygens (including phenoxy) is 1. The zero-order valence-corrected chi connectivity index (χ0v) is 14.6. The first-order chi connectivity index (χ1) is 9.94. The van der Waals surface area contributed by atoms with Gasteiger partial charge >= 0.3 is 0 Å². The largest absolute Gasteiger partial charge is 0.437 e. The van der Waals surface area contributed by atoms with Gasteiger partial charge in [-0.3, -0.25) is 0 Å². The smallest absolute Gasteiger partial charge is 0.232 e. The van der Waals surface area contributed by atoms with Crippen LogP contribution in [0.3, 0.4) is 0 Å². The molecule has 2 N–H and O–H groups in total. The van der Waals surface area contributed by atoms with Gasteiger partial charge in [-0.2, -0.15) is 4.98 Å². The predicted molar refractivity (Wildman–Crippen MR) is 90.8 cm³/mol. The molecule has 0 bridgehead atoms. The summed E-state index contributed by atoms with van der Waals surface area (Å²) in [6.07, 6.45) is 0. The van der Waals surface area contributed by atoms with Gasteiger partial charge < -0.3 is 10.5 Å². The first-order valence-corrected chi connectivity index (χ1v) is 8.16. The molecule has 3 aromatic rings. The van der Waals surface area contributed by atoms with Crippen molar-refractivity contribution in [3.8, 4) is 11.6 Å². The molecule has 3 rings (SSSR count). The summed E-state index contributed by atoms with van der Waals surface area (Å²) in [6, 6.07) is 5.24. The van der Waals surface area contributed by atoms with E-state index >= 15 is 0 Å². The number of anilines is 1. The molecule has 2 aromatic heterocycles. The van der Waals surface area contributed by atoms with Crippen molar-refractivity contribution in [2.24, 2.45) is 0 Å². The molecule has 0 amide bonds. The molecule has 0 aliphatic rings. The van der Waals surface area contributed by atoms with Gasteiger partial charge in [0, 0.05) is 15.4 Å². The first-order valence-electron chi connectivity index (χ1n) is 5.80. The van der Waals surface area contributed by atoms with E-state index in [1.807, 2.05) is 13.0 Å². The summed E-state index contributed by atoms with van der Waals surface area (Å²) in [6.45, 7) is 1.98. The molecule has 2 heterocycles. The summed E-state index contributed by atoms with van der Waals surface area (Å²) >= 11 is 17.1. The maximum absolute atomic E-state index is 6.16. The Labute approximate surface area is 143 Å². The molecule has 1 aromatic carbocycles. The average molecular weight is 405 g/mol. The number of fused-ring (bicyclic) bond motifs is 1.